The standard InChI is InChI=1S/C22H26N4O2/c1-4-25(5-2)19(17-9-7-6-8-10-17)14-24-21(27)18-13-23-20-12-11-16(3)15-26(20)22(18)28/h6-13,15,19H,4-5,14H2,1-3H3,(H,24,27). The van der Waals surface area contributed by atoms with E-state index < -0.39 is 5.91 Å². The summed E-state index contributed by atoms with van der Waals surface area (Å²) in [6.45, 7) is 8.25. The average molecular weight is 378 g/mol. The first-order valence-electron chi connectivity index (χ1n) is 9.60. The third-order valence-electron chi connectivity index (χ3n) is 4.99. The van der Waals surface area contributed by atoms with Crippen LogP contribution in [-0.4, -0.2) is 39.8 Å². The highest BCUT2D eigenvalue weighted by Gasteiger charge is 2.20. The van der Waals surface area contributed by atoms with Crippen molar-refractivity contribution >= 4 is 11.6 Å². The number of benzene rings is 1. The van der Waals surface area contributed by atoms with Crippen LogP contribution >= 0.6 is 0 Å². The number of amides is 1. The summed E-state index contributed by atoms with van der Waals surface area (Å²) in [6.07, 6.45) is 3.06. The van der Waals surface area contributed by atoms with Gasteiger partial charge in [-0.05, 0) is 37.2 Å². The van der Waals surface area contributed by atoms with E-state index in [1.165, 1.54) is 10.6 Å². The van der Waals surface area contributed by atoms with Crippen molar-refractivity contribution in [3.05, 3.63) is 81.9 Å². The molecule has 0 spiro atoms. The van der Waals surface area contributed by atoms with Gasteiger partial charge in [-0.2, -0.15) is 0 Å². The Morgan fingerprint density at radius 2 is 1.86 bits per heavy atom. The zero-order chi connectivity index (χ0) is 20.1. The summed E-state index contributed by atoms with van der Waals surface area (Å²) in [4.78, 5) is 32.0. The van der Waals surface area contributed by atoms with E-state index >= 15 is 0 Å². The van der Waals surface area contributed by atoms with Gasteiger partial charge in [-0.25, -0.2) is 4.98 Å². The first kappa shape index (κ1) is 19.8. The molecule has 1 amide bonds. The van der Waals surface area contributed by atoms with Crippen LogP contribution in [0.4, 0.5) is 0 Å². The Labute approximate surface area is 164 Å². The van der Waals surface area contributed by atoms with Crippen molar-refractivity contribution in [2.24, 2.45) is 0 Å². The lowest BCUT2D eigenvalue weighted by molar-refractivity contribution is 0.0933. The second-order valence-electron chi connectivity index (χ2n) is 6.77. The smallest absolute Gasteiger partial charge is 0.270 e. The van der Waals surface area contributed by atoms with Crippen LogP contribution in [0, 0.1) is 6.92 Å². The maximum Gasteiger partial charge on any atom is 0.270 e. The number of nitrogens with one attached hydrogen (secondary N) is 1. The number of aryl methyl sites for hydroxylation is 1. The molecule has 1 aromatic carbocycles. The molecule has 6 nitrogen and oxygen atoms in total. The second-order valence-corrected chi connectivity index (χ2v) is 6.77. The predicted octanol–water partition coefficient (Wildman–Crippen LogP) is 2.82. The van der Waals surface area contributed by atoms with Crippen LogP contribution in [-0.2, 0) is 0 Å². The Kier molecular flexibility index (Phi) is 6.21. The molecule has 0 saturated heterocycles. The fourth-order valence-electron chi connectivity index (χ4n) is 3.42. The molecular formula is C22H26N4O2. The van der Waals surface area contributed by atoms with Gasteiger partial charge in [-0.15, -0.1) is 0 Å². The molecule has 3 aromatic rings. The molecule has 0 bridgehead atoms. The quantitative estimate of drug-likeness (QED) is 0.687. The van der Waals surface area contributed by atoms with E-state index in [1.807, 2.05) is 31.2 Å². The van der Waals surface area contributed by atoms with Crippen molar-refractivity contribution in [1.82, 2.24) is 19.6 Å². The summed E-state index contributed by atoms with van der Waals surface area (Å²) in [5.74, 6) is -0.401. The van der Waals surface area contributed by atoms with Gasteiger partial charge in [-0.1, -0.05) is 50.2 Å². The number of hydrogen-bond acceptors (Lipinski definition) is 4. The summed E-state index contributed by atoms with van der Waals surface area (Å²) < 4.78 is 1.42. The fourth-order valence-corrected chi connectivity index (χ4v) is 3.42. The normalized spacial score (nSPS) is 12.3. The molecule has 2 heterocycles. The lowest BCUT2D eigenvalue weighted by atomic mass is 10.0. The molecule has 3 rings (SSSR count). The zero-order valence-corrected chi connectivity index (χ0v) is 16.6. The molecule has 0 radical (unpaired) electrons. The molecule has 0 aliphatic rings. The summed E-state index contributed by atoms with van der Waals surface area (Å²) >= 11 is 0. The number of carbonyl (C=O) groups excluding carboxylic acids is 1. The van der Waals surface area contributed by atoms with Crippen LogP contribution in [0.3, 0.4) is 0 Å². The molecule has 1 unspecified atom stereocenters. The fraction of sp³-hybridized carbons (Fsp3) is 0.318. The Hall–Kier alpha value is -2.99. The molecule has 1 atom stereocenters. The first-order valence-corrected chi connectivity index (χ1v) is 9.60. The topological polar surface area (TPSA) is 66.7 Å². The molecule has 6 heteroatoms. The van der Waals surface area contributed by atoms with Crippen molar-refractivity contribution in [2.45, 2.75) is 26.8 Å². The van der Waals surface area contributed by atoms with Crippen molar-refractivity contribution in [3.63, 3.8) is 0 Å². The Bertz CT molecular complexity index is 1010. The van der Waals surface area contributed by atoms with Crippen LogP contribution in [0.15, 0.2) is 59.7 Å². The van der Waals surface area contributed by atoms with Crippen LogP contribution in [0.25, 0.3) is 5.65 Å². The summed E-state index contributed by atoms with van der Waals surface area (Å²) in [5, 5.41) is 2.93. The third-order valence-corrected chi connectivity index (χ3v) is 4.99. The maximum atomic E-state index is 12.7. The number of rotatable bonds is 7. The molecule has 0 aliphatic heterocycles. The highest BCUT2D eigenvalue weighted by molar-refractivity contribution is 5.93. The van der Waals surface area contributed by atoms with Gasteiger partial charge in [0, 0.05) is 18.9 Å². The van der Waals surface area contributed by atoms with Crippen molar-refractivity contribution in [2.75, 3.05) is 19.6 Å². The van der Waals surface area contributed by atoms with Crippen molar-refractivity contribution in [3.8, 4) is 0 Å². The zero-order valence-electron chi connectivity index (χ0n) is 16.6. The minimum Gasteiger partial charge on any atom is -0.350 e. The average Bonchev–Trinajstić information content (AvgIpc) is 2.72. The van der Waals surface area contributed by atoms with Crippen LogP contribution in [0.5, 0.6) is 0 Å². The van der Waals surface area contributed by atoms with Gasteiger partial charge in [0.1, 0.15) is 11.2 Å². The molecule has 2 aromatic heterocycles. The number of pyridine rings is 1. The molecule has 0 fully saturated rings. The van der Waals surface area contributed by atoms with Gasteiger partial charge in [0.05, 0.1) is 6.04 Å². The van der Waals surface area contributed by atoms with E-state index in [0.29, 0.717) is 12.2 Å². The van der Waals surface area contributed by atoms with Crippen molar-refractivity contribution in [1.29, 1.82) is 0 Å². The number of fused-ring (bicyclic) bond motifs is 1. The summed E-state index contributed by atoms with van der Waals surface area (Å²) in [6, 6.07) is 13.8. The van der Waals surface area contributed by atoms with E-state index in [-0.39, 0.29) is 17.2 Å². The summed E-state index contributed by atoms with van der Waals surface area (Å²) in [7, 11) is 0. The Balaban J connectivity index is 1.84. The minimum absolute atomic E-state index is 0.0403. The highest BCUT2D eigenvalue weighted by atomic mass is 16.2. The van der Waals surface area contributed by atoms with Gasteiger partial charge >= 0.3 is 0 Å². The SMILES string of the molecule is CCN(CC)C(CNC(=O)c1cnc2ccc(C)cn2c1=O)c1ccccc1. The monoisotopic (exact) mass is 378 g/mol. The lowest BCUT2D eigenvalue weighted by Crippen LogP contribution is -2.39. The van der Waals surface area contributed by atoms with E-state index in [4.69, 9.17) is 0 Å². The van der Waals surface area contributed by atoms with E-state index in [2.05, 4.69) is 41.2 Å². The number of hydrogen-bond donors (Lipinski definition) is 1. The summed E-state index contributed by atoms with van der Waals surface area (Å²) in [5.41, 5.74) is 2.28. The third kappa shape index (κ3) is 4.12. The van der Waals surface area contributed by atoms with Gasteiger partial charge < -0.3 is 5.32 Å². The van der Waals surface area contributed by atoms with Crippen LogP contribution < -0.4 is 10.9 Å². The Morgan fingerprint density at radius 3 is 2.54 bits per heavy atom. The number of nitrogens with zero attached hydrogens (tertiary/aromatic N) is 3. The Morgan fingerprint density at radius 1 is 1.14 bits per heavy atom. The molecule has 0 aliphatic carbocycles. The van der Waals surface area contributed by atoms with E-state index in [0.717, 1.165) is 24.2 Å². The number of likely N-dealkylation sites (N-methyl/N-ethyl adjacent to an activating group) is 1. The van der Waals surface area contributed by atoms with Crippen LogP contribution in [0.1, 0.15) is 41.4 Å². The second kappa shape index (κ2) is 8.80. The van der Waals surface area contributed by atoms with Crippen molar-refractivity contribution < 1.29 is 4.79 Å². The molecule has 28 heavy (non-hydrogen) atoms. The minimum atomic E-state index is -0.401. The lowest BCUT2D eigenvalue weighted by Gasteiger charge is -2.30. The largest absolute Gasteiger partial charge is 0.350 e. The van der Waals surface area contributed by atoms with Crippen LogP contribution in [0.2, 0.25) is 0 Å². The van der Waals surface area contributed by atoms with E-state index in [1.54, 1.807) is 12.3 Å². The molecule has 0 saturated carbocycles. The molecule has 146 valence electrons. The first-order chi connectivity index (χ1) is 13.5. The van der Waals surface area contributed by atoms with E-state index in [9.17, 15) is 9.59 Å². The number of carbonyl (C=O) groups is 1. The maximum absolute atomic E-state index is 12.7. The molecular weight excluding hydrogens is 352 g/mol. The molecule has 1 N–H and O–H groups in total. The van der Waals surface area contributed by atoms with Gasteiger partial charge in [0.15, 0.2) is 0 Å². The number of aromatic nitrogens is 2. The predicted molar refractivity (Wildman–Crippen MR) is 111 cm³/mol. The van der Waals surface area contributed by atoms with Gasteiger partial charge in [0.25, 0.3) is 11.5 Å². The van der Waals surface area contributed by atoms with Gasteiger partial charge in [0.2, 0.25) is 0 Å². The highest BCUT2D eigenvalue weighted by Crippen LogP contribution is 2.19. The van der Waals surface area contributed by atoms with Gasteiger partial charge in [-0.3, -0.25) is 18.9 Å².